The van der Waals surface area contributed by atoms with Crippen molar-refractivity contribution in [3.05, 3.63) is 35.4 Å². The SMILES string of the molecule is COCCC(=O)N1CCO[C@@H](c2ccc(C(F)(F)F)cc2)C1. The van der Waals surface area contributed by atoms with Crippen LogP contribution in [0.25, 0.3) is 0 Å². The minimum Gasteiger partial charge on any atom is -0.384 e. The third-order valence-electron chi connectivity index (χ3n) is 3.55. The molecule has 1 aromatic rings. The minimum atomic E-state index is -4.35. The molecule has 1 aromatic carbocycles. The monoisotopic (exact) mass is 317 g/mol. The topological polar surface area (TPSA) is 38.8 Å². The lowest BCUT2D eigenvalue weighted by Gasteiger charge is -2.33. The minimum absolute atomic E-state index is 0.0398. The number of halogens is 3. The highest BCUT2D eigenvalue weighted by Gasteiger charge is 2.31. The molecule has 1 amide bonds. The van der Waals surface area contributed by atoms with Gasteiger partial charge in [-0.05, 0) is 17.7 Å². The number of methoxy groups -OCH3 is 1. The molecule has 122 valence electrons. The van der Waals surface area contributed by atoms with Crippen LogP contribution in [-0.2, 0) is 20.4 Å². The van der Waals surface area contributed by atoms with Crippen LogP contribution in [0.1, 0.15) is 23.7 Å². The highest BCUT2D eigenvalue weighted by Crippen LogP contribution is 2.31. The van der Waals surface area contributed by atoms with Crippen molar-refractivity contribution in [1.82, 2.24) is 4.90 Å². The maximum atomic E-state index is 12.6. The van der Waals surface area contributed by atoms with Gasteiger partial charge in [0.15, 0.2) is 0 Å². The van der Waals surface area contributed by atoms with Crippen LogP contribution < -0.4 is 0 Å². The Morgan fingerprint density at radius 3 is 2.64 bits per heavy atom. The van der Waals surface area contributed by atoms with Crippen LogP contribution in [0.2, 0.25) is 0 Å². The fourth-order valence-corrected chi connectivity index (χ4v) is 2.31. The number of carbonyl (C=O) groups excluding carboxylic acids is 1. The lowest BCUT2D eigenvalue weighted by atomic mass is 10.0. The number of alkyl halides is 3. The zero-order chi connectivity index (χ0) is 16.2. The number of benzene rings is 1. The average Bonchev–Trinajstić information content (AvgIpc) is 2.52. The molecule has 0 spiro atoms. The van der Waals surface area contributed by atoms with E-state index in [1.165, 1.54) is 19.2 Å². The van der Waals surface area contributed by atoms with Crippen LogP contribution in [0, 0.1) is 0 Å². The number of ether oxygens (including phenoxy) is 2. The summed E-state index contributed by atoms with van der Waals surface area (Å²) in [6, 6.07) is 4.86. The summed E-state index contributed by atoms with van der Waals surface area (Å²) >= 11 is 0. The van der Waals surface area contributed by atoms with Gasteiger partial charge in [-0.1, -0.05) is 12.1 Å². The second-order valence-corrected chi connectivity index (χ2v) is 5.06. The van der Waals surface area contributed by atoms with E-state index in [1.54, 1.807) is 4.90 Å². The van der Waals surface area contributed by atoms with Gasteiger partial charge in [0.1, 0.15) is 6.10 Å². The van der Waals surface area contributed by atoms with E-state index < -0.39 is 17.8 Å². The molecule has 1 atom stereocenters. The van der Waals surface area contributed by atoms with Gasteiger partial charge in [0.05, 0.1) is 31.7 Å². The molecule has 0 unspecified atom stereocenters. The smallest absolute Gasteiger partial charge is 0.384 e. The summed E-state index contributed by atoms with van der Waals surface area (Å²) < 4.78 is 48.1. The Hall–Kier alpha value is -1.60. The van der Waals surface area contributed by atoms with Crippen molar-refractivity contribution in [2.24, 2.45) is 0 Å². The number of amides is 1. The van der Waals surface area contributed by atoms with E-state index in [0.29, 0.717) is 31.9 Å². The van der Waals surface area contributed by atoms with Crippen molar-refractivity contribution in [2.75, 3.05) is 33.4 Å². The molecular weight excluding hydrogens is 299 g/mol. The van der Waals surface area contributed by atoms with Crippen molar-refractivity contribution in [3.63, 3.8) is 0 Å². The van der Waals surface area contributed by atoms with Gasteiger partial charge in [-0.15, -0.1) is 0 Å². The third kappa shape index (κ3) is 4.20. The summed E-state index contributed by atoms with van der Waals surface area (Å²) in [4.78, 5) is 13.6. The predicted octanol–water partition coefficient (Wildman–Crippen LogP) is 2.64. The first-order chi connectivity index (χ1) is 10.4. The zero-order valence-electron chi connectivity index (χ0n) is 12.2. The van der Waals surface area contributed by atoms with Crippen molar-refractivity contribution in [2.45, 2.75) is 18.7 Å². The summed E-state index contributed by atoms with van der Waals surface area (Å²) in [5.41, 5.74) is -0.0580. The molecule has 22 heavy (non-hydrogen) atoms. The highest BCUT2D eigenvalue weighted by molar-refractivity contribution is 5.76. The van der Waals surface area contributed by atoms with Gasteiger partial charge in [0.2, 0.25) is 5.91 Å². The Kier molecular flexibility index (Phi) is 5.42. The van der Waals surface area contributed by atoms with Gasteiger partial charge in [-0.3, -0.25) is 4.79 Å². The molecule has 1 saturated heterocycles. The van der Waals surface area contributed by atoms with Crippen LogP contribution in [0.3, 0.4) is 0 Å². The number of morpholine rings is 1. The van der Waals surface area contributed by atoms with Crippen LogP contribution in [0.4, 0.5) is 13.2 Å². The van der Waals surface area contributed by atoms with Crippen LogP contribution >= 0.6 is 0 Å². The molecule has 0 aromatic heterocycles. The van der Waals surface area contributed by atoms with Crippen LogP contribution in [0.15, 0.2) is 24.3 Å². The van der Waals surface area contributed by atoms with Gasteiger partial charge < -0.3 is 14.4 Å². The lowest BCUT2D eigenvalue weighted by Crippen LogP contribution is -2.42. The molecule has 0 N–H and O–H groups in total. The first-order valence-corrected chi connectivity index (χ1v) is 6.97. The summed E-state index contributed by atoms with van der Waals surface area (Å²) in [6.45, 7) is 1.54. The van der Waals surface area contributed by atoms with Crippen molar-refractivity contribution in [3.8, 4) is 0 Å². The van der Waals surface area contributed by atoms with Gasteiger partial charge >= 0.3 is 6.18 Å². The fraction of sp³-hybridized carbons (Fsp3) is 0.533. The highest BCUT2D eigenvalue weighted by atomic mass is 19.4. The Bertz CT molecular complexity index is 502. The molecule has 7 heteroatoms. The van der Waals surface area contributed by atoms with E-state index >= 15 is 0 Å². The summed E-state index contributed by atoms with van der Waals surface area (Å²) in [7, 11) is 1.53. The van der Waals surface area contributed by atoms with E-state index in [9.17, 15) is 18.0 Å². The van der Waals surface area contributed by atoms with E-state index in [0.717, 1.165) is 12.1 Å². The molecule has 1 heterocycles. The zero-order valence-corrected chi connectivity index (χ0v) is 12.2. The predicted molar refractivity (Wildman–Crippen MR) is 73.2 cm³/mol. The first-order valence-electron chi connectivity index (χ1n) is 6.97. The Balaban J connectivity index is 2.01. The number of carbonyl (C=O) groups is 1. The molecule has 1 aliphatic rings. The first kappa shape index (κ1) is 16.8. The maximum absolute atomic E-state index is 12.6. The number of hydrogen-bond donors (Lipinski definition) is 0. The molecule has 1 aliphatic heterocycles. The van der Waals surface area contributed by atoms with Crippen molar-refractivity contribution in [1.29, 1.82) is 0 Å². The van der Waals surface area contributed by atoms with Crippen LogP contribution in [0.5, 0.6) is 0 Å². The maximum Gasteiger partial charge on any atom is 0.416 e. The standard InChI is InChI=1S/C15H18F3NO3/c1-21-8-6-14(20)19-7-9-22-13(10-19)11-2-4-12(5-3-11)15(16,17)18/h2-5,13H,6-10H2,1H3/t13-/m1/s1. The normalized spacial score (nSPS) is 19.3. The summed E-state index contributed by atoms with van der Waals surface area (Å²) in [6.07, 6.45) is -4.47. The second kappa shape index (κ2) is 7.11. The van der Waals surface area contributed by atoms with Gasteiger partial charge in [-0.25, -0.2) is 0 Å². The Morgan fingerprint density at radius 2 is 2.05 bits per heavy atom. The molecule has 2 rings (SSSR count). The van der Waals surface area contributed by atoms with Crippen molar-refractivity contribution < 1.29 is 27.4 Å². The van der Waals surface area contributed by atoms with E-state index in [2.05, 4.69) is 0 Å². The molecule has 1 fully saturated rings. The molecule has 0 radical (unpaired) electrons. The van der Waals surface area contributed by atoms with E-state index in [1.807, 2.05) is 0 Å². The molecule has 0 bridgehead atoms. The van der Waals surface area contributed by atoms with Crippen LogP contribution in [-0.4, -0.2) is 44.2 Å². The van der Waals surface area contributed by atoms with E-state index in [4.69, 9.17) is 9.47 Å². The fourth-order valence-electron chi connectivity index (χ4n) is 2.31. The van der Waals surface area contributed by atoms with Gasteiger partial charge in [0, 0.05) is 13.7 Å². The summed E-state index contributed by atoms with van der Waals surface area (Å²) in [5, 5.41) is 0. The van der Waals surface area contributed by atoms with Gasteiger partial charge in [-0.2, -0.15) is 13.2 Å². The number of rotatable bonds is 4. The molecular formula is C15H18F3NO3. The average molecular weight is 317 g/mol. The quantitative estimate of drug-likeness (QED) is 0.857. The largest absolute Gasteiger partial charge is 0.416 e. The number of nitrogens with zero attached hydrogens (tertiary/aromatic N) is 1. The lowest BCUT2D eigenvalue weighted by molar-refractivity contribution is -0.139. The summed E-state index contributed by atoms with van der Waals surface area (Å²) in [5.74, 6) is -0.0398. The third-order valence-corrected chi connectivity index (χ3v) is 3.55. The molecule has 0 aliphatic carbocycles. The van der Waals surface area contributed by atoms with E-state index in [-0.39, 0.29) is 12.3 Å². The Labute approximate surface area is 126 Å². The Morgan fingerprint density at radius 1 is 1.36 bits per heavy atom. The molecule has 0 saturated carbocycles. The molecule has 4 nitrogen and oxygen atoms in total. The second-order valence-electron chi connectivity index (χ2n) is 5.06. The number of hydrogen-bond acceptors (Lipinski definition) is 3. The van der Waals surface area contributed by atoms with Crippen molar-refractivity contribution >= 4 is 5.91 Å². The van der Waals surface area contributed by atoms with Gasteiger partial charge in [0.25, 0.3) is 0 Å².